The second-order valence-electron chi connectivity index (χ2n) is 4.56. The molecule has 0 saturated heterocycles. The zero-order valence-electron chi connectivity index (χ0n) is 11.4. The molecule has 0 radical (unpaired) electrons. The summed E-state index contributed by atoms with van der Waals surface area (Å²) >= 11 is 5.77. The van der Waals surface area contributed by atoms with E-state index in [1.165, 1.54) is 10.8 Å². The Hall–Kier alpha value is -1.41. The van der Waals surface area contributed by atoms with Gasteiger partial charge in [-0.1, -0.05) is 30.3 Å². The normalized spacial score (nSPS) is 13.3. The summed E-state index contributed by atoms with van der Waals surface area (Å²) in [6.07, 6.45) is 1.61. The first-order chi connectivity index (χ1) is 9.94. The van der Waals surface area contributed by atoms with Gasteiger partial charge in [0.1, 0.15) is 0 Å². The number of halogens is 1. The van der Waals surface area contributed by atoms with Crippen molar-refractivity contribution in [3.63, 3.8) is 0 Å². The van der Waals surface area contributed by atoms with Gasteiger partial charge in [-0.25, -0.2) is 18.1 Å². The third kappa shape index (κ3) is 3.82. The van der Waals surface area contributed by atoms with Crippen molar-refractivity contribution in [2.24, 2.45) is 7.05 Å². The smallest absolute Gasteiger partial charge is 0.260 e. The van der Waals surface area contributed by atoms with Crippen LogP contribution in [-0.4, -0.2) is 29.7 Å². The maximum atomic E-state index is 12.3. The highest BCUT2D eigenvalue weighted by molar-refractivity contribution is 7.89. The summed E-state index contributed by atoms with van der Waals surface area (Å²) in [6, 6.07) is 8.54. The van der Waals surface area contributed by atoms with Gasteiger partial charge in [-0.3, -0.25) is 0 Å². The Balaban J connectivity index is 2.27. The van der Waals surface area contributed by atoms with Gasteiger partial charge in [0.15, 0.2) is 5.03 Å². The largest absolute Gasteiger partial charge is 0.396 e. The number of aryl methyl sites for hydroxylation is 1. The van der Waals surface area contributed by atoms with Gasteiger partial charge < -0.3 is 9.67 Å². The average Bonchev–Trinajstić information content (AvgIpc) is 2.80. The summed E-state index contributed by atoms with van der Waals surface area (Å²) in [5.74, 6) is 0. The molecule has 2 N–H and O–H groups in total. The molecule has 0 aliphatic heterocycles. The predicted molar refractivity (Wildman–Crippen MR) is 79.4 cm³/mol. The average molecular weight is 330 g/mol. The van der Waals surface area contributed by atoms with E-state index in [0.717, 1.165) is 5.56 Å². The third-order valence-electron chi connectivity index (χ3n) is 2.99. The quantitative estimate of drug-likeness (QED) is 0.840. The number of hydrogen-bond donors (Lipinski definition) is 2. The van der Waals surface area contributed by atoms with Gasteiger partial charge in [-0.05, 0) is 23.6 Å². The van der Waals surface area contributed by atoms with Crippen molar-refractivity contribution >= 4 is 21.6 Å². The molecule has 0 aliphatic carbocycles. The van der Waals surface area contributed by atoms with E-state index in [-0.39, 0.29) is 23.3 Å². The number of benzene rings is 1. The molecule has 0 amide bonds. The number of imidazole rings is 1. The molecule has 2 rings (SSSR count). The molecule has 0 saturated carbocycles. The van der Waals surface area contributed by atoms with Crippen molar-refractivity contribution in [3.05, 3.63) is 47.4 Å². The summed E-state index contributed by atoms with van der Waals surface area (Å²) in [6.45, 7) is -0.134. The van der Waals surface area contributed by atoms with E-state index in [1.807, 2.05) is 18.2 Å². The number of nitrogens with one attached hydrogen (secondary N) is 1. The number of sulfonamides is 1. The van der Waals surface area contributed by atoms with Gasteiger partial charge in [0.25, 0.3) is 10.0 Å². The van der Waals surface area contributed by atoms with Gasteiger partial charge in [-0.15, -0.1) is 0 Å². The highest BCUT2D eigenvalue weighted by atomic mass is 35.5. The molecule has 1 atom stereocenters. The van der Waals surface area contributed by atoms with Gasteiger partial charge >= 0.3 is 0 Å². The summed E-state index contributed by atoms with van der Waals surface area (Å²) in [5, 5.41) is 9.08. The highest BCUT2D eigenvalue weighted by Gasteiger charge is 2.24. The van der Waals surface area contributed by atoms with Crippen LogP contribution in [0.25, 0.3) is 0 Å². The van der Waals surface area contributed by atoms with Crippen molar-refractivity contribution in [1.29, 1.82) is 0 Å². The van der Waals surface area contributed by atoms with Gasteiger partial charge in [0.05, 0.1) is 0 Å². The number of aliphatic hydroxyl groups excluding tert-OH is 1. The molecule has 0 fully saturated rings. The lowest BCUT2D eigenvalue weighted by Gasteiger charge is -2.17. The zero-order chi connectivity index (χ0) is 15.5. The molecule has 6 nitrogen and oxygen atoms in total. The predicted octanol–water partition coefficient (Wildman–Crippen LogP) is 1.48. The number of aliphatic hydroxyl groups is 1. The van der Waals surface area contributed by atoms with Crippen LogP contribution in [0.3, 0.4) is 0 Å². The summed E-state index contributed by atoms with van der Waals surface area (Å²) in [7, 11) is -2.20. The Morgan fingerprint density at radius 3 is 2.57 bits per heavy atom. The molecule has 21 heavy (non-hydrogen) atoms. The fraction of sp³-hybridized carbons (Fsp3) is 0.308. The number of rotatable bonds is 6. The molecule has 8 heteroatoms. The Kier molecular flexibility index (Phi) is 5.00. The molecule has 1 aromatic carbocycles. The van der Waals surface area contributed by atoms with Crippen LogP contribution in [0.15, 0.2) is 41.6 Å². The standard InChI is InChI=1S/C13H16ClN3O3S/c1-17-9-12(15-13(17)14)21(19,20)16-11(7-8-18)10-5-3-2-4-6-10/h2-6,9,11,16,18H,7-8H2,1H3/t11-/m1/s1. The van der Waals surface area contributed by atoms with Gasteiger partial charge in [0.2, 0.25) is 5.28 Å². The van der Waals surface area contributed by atoms with Crippen LogP contribution in [-0.2, 0) is 17.1 Å². The Morgan fingerprint density at radius 1 is 1.38 bits per heavy atom. The van der Waals surface area contributed by atoms with Crippen molar-refractivity contribution < 1.29 is 13.5 Å². The topological polar surface area (TPSA) is 84.2 Å². The number of aromatic nitrogens is 2. The molecular formula is C13H16ClN3O3S. The van der Waals surface area contributed by atoms with E-state index in [4.69, 9.17) is 16.7 Å². The van der Waals surface area contributed by atoms with E-state index in [1.54, 1.807) is 19.2 Å². The van der Waals surface area contributed by atoms with Crippen molar-refractivity contribution in [2.45, 2.75) is 17.5 Å². The van der Waals surface area contributed by atoms with Crippen molar-refractivity contribution in [1.82, 2.24) is 14.3 Å². The molecular weight excluding hydrogens is 314 g/mol. The second-order valence-corrected chi connectivity index (χ2v) is 6.55. The van der Waals surface area contributed by atoms with E-state index < -0.39 is 16.1 Å². The first-order valence-electron chi connectivity index (χ1n) is 6.31. The molecule has 0 spiro atoms. The SMILES string of the molecule is Cn1cc(S(=O)(=O)N[C@H](CCO)c2ccccc2)nc1Cl. The Labute approximate surface area is 128 Å². The molecule has 1 aromatic heterocycles. The van der Waals surface area contributed by atoms with Crippen LogP contribution in [0.1, 0.15) is 18.0 Å². The minimum Gasteiger partial charge on any atom is -0.396 e. The Bertz CT molecular complexity index is 681. The van der Waals surface area contributed by atoms with Crippen LogP contribution in [0.4, 0.5) is 0 Å². The first-order valence-corrected chi connectivity index (χ1v) is 8.17. The van der Waals surface area contributed by atoms with Gasteiger partial charge in [-0.2, -0.15) is 0 Å². The monoisotopic (exact) mass is 329 g/mol. The van der Waals surface area contributed by atoms with E-state index in [2.05, 4.69) is 9.71 Å². The van der Waals surface area contributed by atoms with Crippen LogP contribution in [0, 0.1) is 0 Å². The lowest BCUT2D eigenvalue weighted by Crippen LogP contribution is -2.29. The van der Waals surface area contributed by atoms with E-state index >= 15 is 0 Å². The van der Waals surface area contributed by atoms with Gasteiger partial charge in [0, 0.05) is 25.9 Å². The van der Waals surface area contributed by atoms with Crippen LogP contribution in [0.2, 0.25) is 5.28 Å². The molecule has 0 unspecified atom stereocenters. The maximum Gasteiger partial charge on any atom is 0.260 e. The highest BCUT2D eigenvalue weighted by Crippen LogP contribution is 2.20. The molecule has 0 aliphatic rings. The molecule has 1 heterocycles. The van der Waals surface area contributed by atoms with Crippen LogP contribution < -0.4 is 4.72 Å². The maximum absolute atomic E-state index is 12.3. The lowest BCUT2D eigenvalue weighted by molar-refractivity contribution is 0.272. The minimum absolute atomic E-state index is 0.0915. The second kappa shape index (κ2) is 6.57. The molecule has 2 aromatic rings. The fourth-order valence-electron chi connectivity index (χ4n) is 1.90. The molecule has 114 valence electrons. The minimum atomic E-state index is -3.81. The first kappa shape index (κ1) is 16.0. The molecule has 0 bridgehead atoms. The van der Waals surface area contributed by atoms with Crippen LogP contribution >= 0.6 is 11.6 Å². The van der Waals surface area contributed by atoms with Crippen LogP contribution in [0.5, 0.6) is 0 Å². The van der Waals surface area contributed by atoms with Crippen molar-refractivity contribution in [2.75, 3.05) is 6.61 Å². The summed E-state index contributed by atoms with van der Waals surface area (Å²) in [5.41, 5.74) is 0.775. The fourth-order valence-corrected chi connectivity index (χ4v) is 3.35. The third-order valence-corrected chi connectivity index (χ3v) is 4.68. The zero-order valence-corrected chi connectivity index (χ0v) is 13.0. The van der Waals surface area contributed by atoms with E-state index in [9.17, 15) is 8.42 Å². The summed E-state index contributed by atoms with van der Waals surface area (Å²) < 4.78 is 28.6. The van der Waals surface area contributed by atoms with Crippen molar-refractivity contribution in [3.8, 4) is 0 Å². The Morgan fingerprint density at radius 2 is 2.05 bits per heavy atom. The lowest BCUT2D eigenvalue weighted by atomic mass is 10.1. The van der Waals surface area contributed by atoms with E-state index in [0.29, 0.717) is 0 Å². The number of nitrogens with zero attached hydrogens (tertiary/aromatic N) is 2. The summed E-state index contributed by atoms with van der Waals surface area (Å²) in [4.78, 5) is 3.80. The number of hydrogen-bond acceptors (Lipinski definition) is 4.